The minimum Gasteiger partial charge on any atom is -0.370 e. The van der Waals surface area contributed by atoms with Crippen LogP contribution in [-0.4, -0.2) is 67.6 Å². The molecule has 0 radical (unpaired) electrons. The zero-order valence-electron chi connectivity index (χ0n) is 13.4. The van der Waals surface area contributed by atoms with E-state index in [1.54, 1.807) is 0 Å². The summed E-state index contributed by atoms with van der Waals surface area (Å²) in [5, 5.41) is 3.37. The molecule has 21 heavy (non-hydrogen) atoms. The van der Waals surface area contributed by atoms with Crippen molar-refractivity contribution in [3.63, 3.8) is 0 Å². The summed E-state index contributed by atoms with van der Waals surface area (Å²) in [4.78, 5) is 9.47. The lowest BCUT2D eigenvalue weighted by Crippen LogP contribution is -2.47. The Kier molecular flexibility index (Phi) is 9.59. The molecule has 0 unspecified atom stereocenters. The third-order valence-corrected chi connectivity index (χ3v) is 4.57. The quantitative estimate of drug-likeness (QED) is 0.410. The molecule has 6 heteroatoms. The summed E-state index contributed by atoms with van der Waals surface area (Å²) in [6, 6.07) is 0.556. The molecule has 0 atom stereocenters. The summed E-state index contributed by atoms with van der Waals surface area (Å²) in [6.07, 6.45) is 6.52. The van der Waals surface area contributed by atoms with Crippen LogP contribution in [0, 0.1) is 0 Å². The van der Waals surface area contributed by atoms with Crippen LogP contribution in [0.1, 0.15) is 39.0 Å². The van der Waals surface area contributed by atoms with Gasteiger partial charge >= 0.3 is 0 Å². The molecular weight excluding hydrogens is 377 g/mol. The fourth-order valence-electron chi connectivity index (χ4n) is 3.14. The zero-order valence-corrected chi connectivity index (χ0v) is 15.7. The number of guanidine groups is 1. The first-order valence-electron chi connectivity index (χ1n) is 8.29. The summed E-state index contributed by atoms with van der Waals surface area (Å²) in [5.41, 5.74) is 5.98. The Morgan fingerprint density at radius 2 is 1.71 bits per heavy atom. The monoisotopic (exact) mass is 409 g/mol. The molecule has 0 spiro atoms. The second-order valence-corrected chi connectivity index (χ2v) is 6.02. The molecule has 0 aromatic carbocycles. The van der Waals surface area contributed by atoms with Crippen molar-refractivity contribution in [2.24, 2.45) is 10.7 Å². The van der Waals surface area contributed by atoms with Crippen molar-refractivity contribution in [3.8, 4) is 0 Å². The fourth-order valence-corrected chi connectivity index (χ4v) is 3.14. The molecule has 1 saturated heterocycles. The van der Waals surface area contributed by atoms with E-state index >= 15 is 0 Å². The SMILES string of the molecule is CCN1CCN(CCN=C(N)NC2CCCCC2)CC1.I. The van der Waals surface area contributed by atoms with E-state index in [2.05, 4.69) is 27.0 Å². The van der Waals surface area contributed by atoms with Gasteiger partial charge in [0, 0.05) is 38.8 Å². The molecule has 2 rings (SSSR count). The minimum atomic E-state index is 0. The van der Waals surface area contributed by atoms with Crippen molar-refractivity contribution in [1.29, 1.82) is 0 Å². The Bertz CT molecular complexity index is 296. The van der Waals surface area contributed by atoms with E-state index in [9.17, 15) is 0 Å². The maximum atomic E-state index is 5.98. The zero-order chi connectivity index (χ0) is 14.2. The first kappa shape index (κ1) is 19.0. The number of nitrogens with zero attached hydrogens (tertiary/aromatic N) is 3. The number of hydrogen-bond acceptors (Lipinski definition) is 3. The van der Waals surface area contributed by atoms with E-state index in [1.807, 2.05) is 0 Å². The van der Waals surface area contributed by atoms with Crippen molar-refractivity contribution in [3.05, 3.63) is 0 Å². The van der Waals surface area contributed by atoms with E-state index in [0.29, 0.717) is 12.0 Å². The van der Waals surface area contributed by atoms with E-state index in [-0.39, 0.29) is 24.0 Å². The van der Waals surface area contributed by atoms with Gasteiger partial charge in [-0.25, -0.2) is 0 Å². The summed E-state index contributed by atoms with van der Waals surface area (Å²) in [6.45, 7) is 9.97. The Balaban J connectivity index is 0.00000220. The van der Waals surface area contributed by atoms with Crippen LogP contribution in [0.5, 0.6) is 0 Å². The smallest absolute Gasteiger partial charge is 0.188 e. The van der Waals surface area contributed by atoms with Crippen LogP contribution >= 0.6 is 24.0 Å². The lowest BCUT2D eigenvalue weighted by Gasteiger charge is -2.33. The van der Waals surface area contributed by atoms with Crippen LogP contribution in [-0.2, 0) is 0 Å². The first-order chi connectivity index (χ1) is 9.78. The molecule has 0 aromatic rings. The van der Waals surface area contributed by atoms with Crippen LogP contribution < -0.4 is 11.1 Å². The van der Waals surface area contributed by atoms with Gasteiger partial charge in [-0.1, -0.05) is 26.2 Å². The molecule has 1 heterocycles. The predicted molar refractivity (Wildman–Crippen MR) is 100 cm³/mol. The number of piperazine rings is 1. The molecule has 2 aliphatic rings. The van der Waals surface area contributed by atoms with Gasteiger partial charge in [-0.2, -0.15) is 0 Å². The van der Waals surface area contributed by atoms with Crippen LogP contribution in [0.4, 0.5) is 0 Å². The van der Waals surface area contributed by atoms with Gasteiger partial charge in [0.2, 0.25) is 0 Å². The number of rotatable bonds is 5. The lowest BCUT2D eigenvalue weighted by molar-refractivity contribution is 0.140. The Morgan fingerprint density at radius 3 is 2.33 bits per heavy atom. The summed E-state index contributed by atoms with van der Waals surface area (Å²) < 4.78 is 0. The molecule has 0 aromatic heterocycles. The normalized spacial score (nSPS) is 22.8. The van der Waals surface area contributed by atoms with Gasteiger partial charge in [-0.05, 0) is 19.4 Å². The molecule has 5 nitrogen and oxygen atoms in total. The largest absolute Gasteiger partial charge is 0.370 e. The molecule has 3 N–H and O–H groups in total. The van der Waals surface area contributed by atoms with Gasteiger partial charge in [-0.3, -0.25) is 9.89 Å². The van der Waals surface area contributed by atoms with E-state index in [1.165, 1.54) is 64.8 Å². The van der Waals surface area contributed by atoms with Gasteiger partial charge < -0.3 is 16.0 Å². The van der Waals surface area contributed by atoms with Crippen molar-refractivity contribution < 1.29 is 0 Å². The number of nitrogens with two attached hydrogens (primary N) is 1. The van der Waals surface area contributed by atoms with E-state index in [4.69, 9.17) is 5.73 Å². The van der Waals surface area contributed by atoms with Gasteiger partial charge in [0.15, 0.2) is 5.96 Å². The van der Waals surface area contributed by atoms with Crippen LogP contribution in [0.3, 0.4) is 0 Å². The average Bonchev–Trinajstić information content (AvgIpc) is 2.49. The molecular formula is C15H32IN5. The summed E-state index contributed by atoms with van der Waals surface area (Å²) in [5.74, 6) is 0.643. The maximum Gasteiger partial charge on any atom is 0.188 e. The predicted octanol–water partition coefficient (Wildman–Crippen LogP) is 1.48. The molecule has 1 saturated carbocycles. The van der Waals surface area contributed by atoms with Gasteiger partial charge in [0.05, 0.1) is 6.54 Å². The standard InChI is InChI=1S/C15H31N5.HI/c1-2-19-10-12-20(13-11-19)9-8-17-15(16)18-14-6-4-3-5-7-14;/h14H,2-13H2,1H3,(H3,16,17,18);1H. The highest BCUT2D eigenvalue weighted by Crippen LogP contribution is 2.16. The van der Waals surface area contributed by atoms with E-state index < -0.39 is 0 Å². The second-order valence-electron chi connectivity index (χ2n) is 6.02. The van der Waals surface area contributed by atoms with Crippen molar-refractivity contribution in [2.45, 2.75) is 45.1 Å². The number of hydrogen-bond donors (Lipinski definition) is 2. The fraction of sp³-hybridized carbons (Fsp3) is 0.933. The molecule has 1 aliphatic heterocycles. The van der Waals surface area contributed by atoms with Crippen LogP contribution in [0.15, 0.2) is 4.99 Å². The van der Waals surface area contributed by atoms with Crippen LogP contribution in [0.25, 0.3) is 0 Å². The van der Waals surface area contributed by atoms with Gasteiger partial charge in [0.25, 0.3) is 0 Å². The van der Waals surface area contributed by atoms with E-state index in [0.717, 1.165) is 13.1 Å². The second kappa shape index (κ2) is 10.6. The van der Waals surface area contributed by atoms with Crippen LogP contribution in [0.2, 0.25) is 0 Å². The van der Waals surface area contributed by atoms with Crippen molar-refractivity contribution in [1.82, 2.24) is 15.1 Å². The summed E-state index contributed by atoms with van der Waals surface area (Å²) in [7, 11) is 0. The van der Waals surface area contributed by atoms with Gasteiger partial charge in [0.1, 0.15) is 0 Å². The highest BCUT2D eigenvalue weighted by molar-refractivity contribution is 14.0. The molecule has 1 aliphatic carbocycles. The summed E-state index contributed by atoms with van der Waals surface area (Å²) >= 11 is 0. The average molecular weight is 409 g/mol. The third-order valence-electron chi connectivity index (χ3n) is 4.57. The van der Waals surface area contributed by atoms with Crippen molar-refractivity contribution in [2.75, 3.05) is 45.8 Å². The maximum absolute atomic E-state index is 5.98. The highest BCUT2D eigenvalue weighted by atomic mass is 127. The lowest BCUT2D eigenvalue weighted by atomic mass is 9.96. The topological polar surface area (TPSA) is 56.9 Å². The number of halogens is 1. The number of likely N-dealkylation sites (N-methyl/N-ethyl adjacent to an activating group) is 1. The van der Waals surface area contributed by atoms with Gasteiger partial charge in [-0.15, -0.1) is 24.0 Å². The molecule has 124 valence electrons. The minimum absolute atomic E-state index is 0. The molecule has 0 bridgehead atoms. The number of nitrogens with one attached hydrogen (secondary N) is 1. The Morgan fingerprint density at radius 1 is 1.10 bits per heavy atom. The first-order valence-corrected chi connectivity index (χ1v) is 8.29. The molecule has 0 amide bonds. The number of aliphatic imine (C=N–C) groups is 1. The molecule has 2 fully saturated rings. The van der Waals surface area contributed by atoms with Crippen molar-refractivity contribution >= 4 is 29.9 Å². The Hall–Kier alpha value is -0.0800. The third kappa shape index (κ3) is 7.15. The highest BCUT2D eigenvalue weighted by Gasteiger charge is 2.15. The Labute approximate surface area is 146 Å².